The minimum Gasteiger partial charge on any atom is -0.489 e. The third-order valence-electron chi connectivity index (χ3n) is 4.68. The summed E-state index contributed by atoms with van der Waals surface area (Å²) in [6, 6.07) is 25.2. The Bertz CT molecular complexity index is 1080. The smallest absolute Gasteiger partial charge is 0.205 e. The van der Waals surface area contributed by atoms with Gasteiger partial charge in [0.2, 0.25) is 5.88 Å². The zero-order valence-electron chi connectivity index (χ0n) is 15.1. The molecule has 3 aromatic rings. The molecule has 0 saturated heterocycles. The van der Waals surface area contributed by atoms with Gasteiger partial charge >= 0.3 is 0 Å². The Labute approximate surface area is 163 Å². The highest BCUT2D eigenvalue weighted by Gasteiger charge is 2.30. The second-order valence-electron chi connectivity index (χ2n) is 6.57. The van der Waals surface area contributed by atoms with E-state index in [2.05, 4.69) is 6.07 Å². The van der Waals surface area contributed by atoms with Crippen molar-refractivity contribution in [3.63, 3.8) is 0 Å². The molecule has 0 spiro atoms. The number of benzene rings is 3. The molecule has 4 rings (SSSR count). The average molecular weight is 369 g/mol. The third-order valence-corrected chi connectivity index (χ3v) is 4.68. The van der Waals surface area contributed by atoms with E-state index in [1.165, 1.54) is 0 Å². The topological polar surface area (TPSA) is 94.3 Å². The number of rotatable bonds is 4. The van der Waals surface area contributed by atoms with Gasteiger partial charge in [0.25, 0.3) is 0 Å². The van der Waals surface area contributed by atoms with E-state index < -0.39 is 0 Å². The van der Waals surface area contributed by atoms with Crippen molar-refractivity contribution in [2.75, 3.05) is 5.73 Å². The molecule has 0 fully saturated rings. The maximum Gasteiger partial charge on any atom is 0.205 e. The van der Waals surface area contributed by atoms with Crippen molar-refractivity contribution < 1.29 is 9.47 Å². The van der Waals surface area contributed by atoms with Gasteiger partial charge in [0, 0.05) is 17.3 Å². The SMILES string of the molecule is N#CC1=C(N)Oc2cc(N)ccc2[C@H]1c1cccc(OCc2ccccc2)c1. The van der Waals surface area contributed by atoms with Crippen LogP contribution in [0.15, 0.2) is 84.3 Å². The zero-order chi connectivity index (χ0) is 19.5. The lowest BCUT2D eigenvalue weighted by molar-refractivity contribution is 0.306. The molecule has 1 heterocycles. The van der Waals surface area contributed by atoms with Gasteiger partial charge in [-0.15, -0.1) is 0 Å². The summed E-state index contributed by atoms with van der Waals surface area (Å²) < 4.78 is 11.6. The number of nitriles is 1. The van der Waals surface area contributed by atoms with Crippen LogP contribution in [-0.4, -0.2) is 0 Å². The number of anilines is 1. The predicted octanol–water partition coefficient (Wildman–Crippen LogP) is 4.07. The number of nitrogen functional groups attached to an aromatic ring is 1. The van der Waals surface area contributed by atoms with Gasteiger partial charge in [-0.3, -0.25) is 0 Å². The van der Waals surface area contributed by atoms with Gasteiger partial charge in [-0.05, 0) is 29.3 Å². The molecule has 3 aromatic carbocycles. The number of ether oxygens (including phenoxy) is 2. The summed E-state index contributed by atoms with van der Waals surface area (Å²) in [6.45, 7) is 0.467. The van der Waals surface area contributed by atoms with E-state index in [4.69, 9.17) is 20.9 Å². The van der Waals surface area contributed by atoms with Crippen LogP contribution in [0.1, 0.15) is 22.6 Å². The molecule has 1 aliphatic heterocycles. The minimum absolute atomic E-state index is 0.0983. The van der Waals surface area contributed by atoms with Crippen molar-refractivity contribution in [2.24, 2.45) is 5.73 Å². The number of fused-ring (bicyclic) bond motifs is 1. The fourth-order valence-electron chi connectivity index (χ4n) is 3.34. The maximum absolute atomic E-state index is 9.67. The molecule has 5 nitrogen and oxygen atoms in total. The maximum atomic E-state index is 9.67. The summed E-state index contributed by atoms with van der Waals surface area (Å²) >= 11 is 0. The molecule has 5 heteroatoms. The van der Waals surface area contributed by atoms with Gasteiger partial charge in [-0.2, -0.15) is 5.26 Å². The van der Waals surface area contributed by atoms with Gasteiger partial charge < -0.3 is 20.9 Å². The van der Waals surface area contributed by atoms with E-state index >= 15 is 0 Å². The van der Waals surface area contributed by atoms with E-state index in [-0.39, 0.29) is 11.8 Å². The van der Waals surface area contributed by atoms with Gasteiger partial charge in [0.1, 0.15) is 29.7 Å². The number of nitrogens with two attached hydrogens (primary N) is 2. The van der Waals surface area contributed by atoms with Crippen LogP contribution in [0.4, 0.5) is 5.69 Å². The summed E-state index contributed by atoms with van der Waals surface area (Å²) in [5, 5.41) is 9.67. The van der Waals surface area contributed by atoms with Gasteiger partial charge in [-0.25, -0.2) is 0 Å². The first-order valence-corrected chi connectivity index (χ1v) is 8.89. The third kappa shape index (κ3) is 3.36. The quantitative estimate of drug-likeness (QED) is 0.676. The Morgan fingerprint density at radius 3 is 2.57 bits per heavy atom. The monoisotopic (exact) mass is 369 g/mol. The van der Waals surface area contributed by atoms with E-state index in [9.17, 15) is 5.26 Å². The number of hydrogen-bond acceptors (Lipinski definition) is 5. The highest BCUT2D eigenvalue weighted by Crippen LogP contribution is 2.43. The van der Waals surface area contributed by atoms with Crippen LogP contribution < -0.4 is 20.9 Å². The minimum atomic E-state index is -0.338. The molecular formula is C23H19N3O2. The Morgan fingerprint density at radius 2 is 1.79 bits per heavy atom. The second-order valence-corrected chi connectivity index (χ2v) is 6.57. The molecule has 0 amide bonds. The van der Waals surface area contributed by atoms with Crippen molar-refractivity contribution in [2.45, 2.75) is 12.5 Å². The van der Waals surface area contributed by atoms with Crippen LogP contribution >= 0.6 is 0 Å². The normalized spacial score (nSPS) is 15.3. The average Bonchev–Trinajstić information content (AvgIpc) is 2.72. The molecule has 1 aliphatic rings. The Balaban J connectivity index is 1.69. The highest BCUT2D eigenvalue weighted by molar-refractivity contribution is 5.60. The summed E-state index contributed by atoms with van der Waals surface area (Å²) in [6.07, 6.45) is 0. The van der Waals surface area contributed by atoms with Crippen LogP contribution in [0, 0.1) is 11.3 Å². The van der Waals surface area contributed by atoms with Crippen molar-refractivity contribution in [1.29, 1.82) is 5.26 Å². The van der Waals surface area contributed by atoms with Crippen LogP contribution in [0.5, 0.6) is 11.5 Å². The van der Waals surface area contributed by atoms with Gasteiger partial charge in [-0.1, -0.05) is 48.5 Å². The lowest BCUT2D eigenvalue weighted by Crippen LogP contribution is -2.21. The molecule has 0 bridgehead atoms. The number of nitrogens with zero attached hydrogens (tertiary/aromatic N) is 1. The van der Waals surface area contributed by atoms with Crippen molar-refractivity contribution in [3.8, 4) is 17.6 Å². The van der Waals surface area contributed by atoms with Crippen molar-refractivity contribution >= 4 is 5.69 Å². The van der Waals surface area contributed by atoms with Crippen LogP contribution in [0.3, 0.4) is 0 Å². The lowest BCUT2D eigenvalue weighted by atomic mass is 9.83. The number of allylic oxidation sites excluding steroid dienone is 1. The molecule has 0 saturated carbocycles. The predicted molar refractivity (Wildman–Crippen MR) is 107 cm³/mol. The van der Waals surface area contributed by atoms with E-state index in [1.807, 2.05) is 60.7 Å². The Morgan fingerprint density at radius 1 is 0.964 bits per heavy atom. The first kappa shape index (κ1) is 17.5. The summed E-state index contributed by atoms with van der Waals surface area (Å²) in [7, 11) is 0. The Kier molecular flexibility index (Phi) is 4.61. The first-order chi connectivity index (χ1) is 13.7. The molecule has 0 aliphatic carbocycles. The summed E-state index contributed by atoms with van der Waals surface area (Å²) in [4.78, 5) is 0. The first-order valence-electron chi connectivity index (χ1n) is 8.89. The van der Waals surface area contributed by atoms with Crippen molar-refractivity contribution in [3.05, 3.63) is 101 Å². The zero-order valence-corrected chi connectivity index (χ0v) is 15.1. The largest absolute Gasteiger partial charge is 0.489 e. The lowest BCUT2D eigenvalue weighted by Gasteiger charge is -2.26. The summed E-state index contributed by atoms with van der Waals surface area (Å²) in [5.41, 5.74) is 15.7. The molecule has 4 N–H and O–H groups in total. The van der Waals surface area contributed by atoms with Crippen LogP contribution in [0.2, 0.25) is 0 Å². The van der Waals surface area contributed by atoms with Gasteiger partial charge in [0.05, 0.1) is 5.92 Å². The van der Waals surface area contributed by atoms with E-state index in [0.717, 1.165) is 22.4 Å². The molecule has 1 atom stereocenters. The highest BCUT2D eigenvalue weighted by atomic mass is 16.5. The summed E-state index contributed by atoms with van der Waals surface area (Å²) in [5.74, 6) is 1.05. The molecule has 0 radical (unpaired) electrons. The molecule has 138 valence electrons. The molecule has 0 unspecified atom stereocenters. The van der Waals surface area contributed by atoms with E-state index in [1.54, 1.807) is 12.1 Å². The fourth-order valence-corrected chi connectivity index (χ4v) is 3.34. The van der Waals surface area contributed by atoms with Crippen LogP contribution in [0.25, 0.3) is 0 Å². The molecule has 0 aromatic heterocycles. The Hall–Kier alpha value is -3.91. The molecule has 28 heavy (non-hydrogen) atoms. The molecular weight excluding hydrogens is 350 g/mol. The van der Waals surface area contributed by atoms with Gasteiger partial charge in [0.15, 0.2) is 0 Å². The van der Waals surface area contributed by atoms with E-state index in [0.29, 0.717) is 23.6 Å². The van der Waals surface area contributed by atoms with Crippen molar-refractivity contribution in [1.82, 2.24) is 0 Å². The fraction of sp³-hybridized carbons (Fsp3) is 0.0870. The standard InChI is InChI=1S/C23H19N3O2/c24-13-20-22(19-10-9-17(25)12-21(19)28-23(20)26)16-7-4-8-18(11-16)27-14-15-5-2-1-3-6-15/h1-12,22H,14,25-26H2/t22-/m1/s1. The number of hydrogen-bond donors (Lipinski definition) is 2. The second kappa shape index (κ2) is 7.37. The van der Waals surface area contributed by atoms with Crippen LogP contribution in [-0.2, 0) is 6.61 Å².